The molecular formula is C12H20N2O3S. The Morgan fingerprint density at radius 2 is 2.28 bits per heavy atom. The number of likely N-dealkylation sites (tertiary alicyclic amines) is 1. The number of carbonyl (C=O) groups is 2. The molecule has 1 aliphatic heterocycles. The van der Waals surface area contributed by atoms with Crippen molar-refractivity contribution in [3.63, 3.8) is 0 Å². The van der Waals surface area contributed by atoms with Crippen molar-refractivity contribution in [2.75, 3.05) is 18.6 Å². The summed E-state index contributed by atoms with van der Waals surface area (Å²) in [7, 11) is 0. The summed E-state index contributed by atoms with van der Waals surface area (Å²) in [6.45, 7) is 0.797. The van der Waals surface area contributed by atoms with Gasteiger partial charge in [0, 0.05) is 12.6 Å². The number of rotatable bonds is 5. The number of hydrogen-bond donors (Lipinski definition) is 2. The van der Waals surface area contributed by atoms with Gasteiger partial charge in [-0.15, -0.1) is 0 Å². The Morgan fingerprint density at radius 3 is 2.78 bits per heavy atom. The number of hydrogen-bond acceptors (Lipinski definition) is 3. The molecule has 102 valence electrons. The van der Waals surface area contributed by atoms with Crippen molar-refractivity contribution in [3.8, 4) is 0 Å². The van der Waals surface area contributed by atoms with Gasteiger partial charge < -0.3 is 15.3 Å². The minimum absolute atomic E-state index is 0.198. The standard InChI is InChI=1S/C12H20N2O3S/c1-18-5-4-10(11(15)16)13-12(17)14-7-8-2-3-9(14)6-8/h8-10H,2-7H2,1H3,(H,13,17)(H,15,16)/t8?,9?,10-/m1/s1. The van der Waals surface area contributed by atoms with E-state index in [1.165, 1.54) is 6.42 Å². The summed E-state index contributed by atoms with van der Waals surface area (Å²) >= 11 is 1.59. The van der Waals surface area contributed by atoms with E-state index >= 15 is 0 Å². The Hall–Kier alpha value is -0.910. The fourth-order valence-corrected chi connectivity index (χ4v) is 3.37. The van der Waals surface area contributed by atoms with Crippen LogP contribution in [0.4, 0.5) is 4.79 Å². The number of thioether (sulfide) groups is 1. The van der Waals surface area contributed by atoms with Crippen molar-refractivity contribution < 1.29 is 14.7 Å². The maximum Gasteiger partial charge on any atom is 0.326 e. The SMILES string of the molecule is CSCC[C@@H](NC(=O)N1CC2CCC1C2)C(=O)O. The number of amides is 2. The topological polar surface area (TPSA) is 69.6 Å². The van der Waals surface area contributed by atoms with Gasteiger partial charge in [0.05, 0.1) is 0 Å². The number of urea groups is 1. The average molecular weight is 272 g/mol. The quantitative estimate of drug-likeness (QED) is 0.793. The van der Waals surface area contributed by atoms with Gasteiger partial charge in [-0.3, -0.25) is 0 Å². The highest BCUT2D eigenvalue weighted by Gasteiger charge is 2.40. The fourth-order valence-electron chi connectivity index (χ4n) is 2.90. The van der Waals surface area contributed by atoms with Gasteiger partial charge in [-0.05, 0) is 43.6 Å². The van der Waals surface area contributed by atoms with Crippen LogP contribution in [0.2, 0.25) is 0 Å². The first-order valence-corrected chi connectivity index (χ1v) is 7.80. The van der Waals surface area contributed by atoms with E-state index in [1.807, 2.05) is 11.2 Å². The number of carboxylic acids is 1. The third-order valence-corrected chi connectivity index (χ3v) is 4.52. The molecule has 0 aromatic carbocycles. The van der Waals surface area contributed by atoms with E-state index in [0.29, 0.717) is 18.4 Å². The number of aliphatic carboxylic acids is 1. The van der Waals surface area contributed by atoms with Crippen LogP contribution in [0.5, 0.6) is 0 Å². The van der Waals surface area contributed by atoms with Crippen molar-refractivity contribution in [1.29, 1.82) is 0 Å². The maximum absolute atomic E-state index is 12.1. The van der Waals surface area contributed by atoms with E-state index in [0.717, 1.165) is 25.1 Å². The van der Waals surface area contributed by atoms with Crippen LogP contribution in [0.15, 0.2) is 0 Å². The zero-order valence-corrected chi connectivity index (χ0v) is 11.4. The van der Waals surface area contributed by atoms with Crippen LogP contribution in [0, 0.1) is 5.92 Å². The zero-order valence-electron chi connectivity index (χ0n) is 10.6. The lowest BCUT2D eigenvalue weighted by atomic mass is 10.1. The molecule has 2 fully saturated rings. The first-order chi connectivity index (χ1) is 8.61. The molecule has 1 saturated heterocycles. The van der Waals surface area contributed by atoms with E-state index in [1.54, 1.807) is 11.8 Å². The molecule has 1 aliphatic carbocycles. The second-order valence-corrected chi connectivity index (χ2v) is 6.09. The number of carboxylic acid groups (broad SMARTS) is 1. The number of fused-ring (bicyclic) bond motifs is 2. The van der Waals surface area contributed by atoms with Crippen molar-refractivity contribution in [3.05, 3.63) is 0 Å². The maximum atomic E-state index is 12.1. The molecule has 2 rings (SSSR count). The second kappa shape index (κ2) is 5.82. The molecular weight excluding hydrogens is 252 g/mol. The average Bonchev–Trinajstić information content (AvgIpc) is 2.95. The summed E-state index contributed by atoms with van der Waals surface area (Å²) in [5, 5.41) is 11.7. The van der Waals surface area contributed by atoms with Crippen molar-refractivity contribution in [2.45, 2.75) is 37.8 Å². The molecule has 0 radical (unpaired) electrons. The lowest BCUT2D eigenvalue weighted by molar-refractivity contribution is -0.139. The lowest BCUT2D eigenvalue weighted by Crippen LogP contribution is -2.50. The molecule has 1 saturated carbocycles. The molecule has 0 aromatic rings. The molecule has 3 atom stereocenters. The second-order valence-electron chi connectivity index (χ2n) is 5.11. The Bertz CT molecular complexity index is 337. The van der Waals surface area contributed by atoms with Gasteiger partial charge in [0.1, 0.15) is 6.04 Å². The molecule has 0 aromatic heterocycles. The van der Waals surface area contributed by atoms with Crippen molar-refractivity contribution in [2.24, 2.45) is 5.92 Å². The zero-order chi connectivity index (χ0) is 13.1. The van der Waals surface area contributed by atoms with Crippen LogP contribution in [0.1, 0.15) is 25.7 Å². The Morgan fingerprint density at radius 1 is 1.50 bits per heavy atom. The van der Waals surface area contributed by atoms with Gasteiger partial charge >= 0.3 is 12.0 Å². The minimum Gasteiger partial charge on any atom is -0.480 e. The Labute approximate surface area is 111 Å². The van der Waals surface area contributed by atoms with E-state index in [4.69, 9.17) is 5.11 Å². The van der Waals surface area contributed by atoms with Crippen LogP contribution < -0.4 is 5.32 Å². The monoisotopic (exact) mass is 272 g/mol. The van der Waals surface area contributed by atoms with Crippen LogP contribution in [0.25, 0.3) is 0 Å². The van der Waals surface area contributed by atoms with Crippen LogP contribution >= 0.6 is 11.8 Å². The highest BCUT2D eigenvalue weighted by molar-refractivity contribution is 7.98. The van der Waals surface area contributed by atoms with E-state index in [2.05, 4.69) is 5.32 Å². The molecule has 2 amide bonds. The highest BCUT2D eigenvalue weighted by atomic mass is 32.2. The summed E-state index contributed by atoms with van der Waals surface area (Å²) in [5.74, 6) is 0.431. The smallest absolute Gasteiger partial charge is 0.326 e. The number of carbonyl (C=O) groups excluding carboxylic acids is 1. The summed E-state index contributed by atoms with van der Waals surface area (Å²) < 4.78 is 0. The number of piperidine rings is 1. The molecule has 6 heteroatoms. The normalized spacial score (nSPS) is 27.3. The van der Waals surface area contributed by atoms with Crippen LogP contribution in [0.3, 0.4) is 0 Å². The fraction of sp³-hybridized carbons (Fsp3) is 0.833. The lowest BCUT2D eigenvalue weighted by Gasteiger charge is -2.28. The van der Waals surface area contributed by atoms with E-state index in [-0.39, 0.29) is 6.03 Å². The molecule has 2 bridgehead atoms. The molecule has 0 spiro atoms. The first-order valence-electron chi connectivity index (χ1n) is 6.40. The molecule has 1 heterocycles. The molecule has 5 nitrogen and oxygen atoms in total. The summed E-state index contributed by atoms with van der Waals surface area (Å²) in [6.07, 6.45) is 5.78. The largest absolute Gasteiger partial charge is 0.480 e. The molecule has 2 unspecified atom stereocenters. The number of nitrogens with one attached hydrogen (secondary N) is 1. The van der Waals surface area contributed by atoms with Crippen LogP contribution in [-0.4, -0.2) is 52.6 Å². The minimum atomic E-state index is -0.943. The predicted octanol–water partition coefficient (Wildman–Crippen LogP) is 1.39. The van der Waals surface area contributed by atoms with Gasteiger partial charge in [-0.2, -0.15) is 11.8 Å². The molecule has 2 aliphatic rings. The van der Waals surface area contributed by atoms with Gasteiger partial charge in [-0.25, -0.2) is 9.59 Å². The number of nitrogens with zero attached hydrogens (tertiary/aromatic N) is 1. The summed E-state index contributed by atoms with van der Waals surface area (Å²) in [4.78, 5) is 25.0. The van der Waals surface area contributed by atoms with E-state index in [9.17, 15) is 9.59 Å². The third kappa shape index (κ3) is 2.91. The van der Waals surface area contributed by atoms with Crippen molar-refractivity contribution >= 4 is 23.8 Å². The van der Waals surface area contributed by atoms with Gasteiger partial charge in [0.25, 0.3) is 0 Å². The molecule has 18 heavy (non-hydrogen) atoms. The Kier molecular flexibility index (Phi) is 4.37. The van der Waals surface area contributed by atoms with Crippen molar-refractivity contribution in [1.82, 2.24) is 10.2 Å². The summed E-state index contributed by atoms with van der Waals surface area (Å²) in [6, 6.07) is -0.621. The van der Waals surface area contributed by atoms with Gasteiger partial charge in [0.2, 0.25) is 0 Å². The van der Waals surface area contributed by atoms with Gasteiger partial charge in [-0.1, -0.05) is 0 Å². The van der Waals surface area contributed by atoms with E-state index < -0.39 is 12.0 Å². The Balaban J connectivity index is 1.86. The highest BCUT2D eigenvalue weighted by Crippen LogP contribution is 2.37. The van der Waals surface area contributed by atoms with Crippen LogP contribution in [-0.2, 0) is 4.79 Å². The first kappa shape index (κ1) is 13.5. The third-order valence-electron chi connectivity index (χ3n) is 3.88. The summed E-state index contributed by atoms with van der Waals surface area (Å²) in [5.41, 5.74) is 0. The predicted molar refractivity (Wildman–Crippen MR) is 70.8 cm³/mol. The molecule has 2 N–H and O–H groups in total. The van der Waals surface area contributed by atoms with Gasteiger partial charge in [0.15, 0.2) is 0 Å².